The van der Waals surface area contributed by atoms with Crippen LogP contribution in [0.3, 0.4) is 0 Å². The summed E-state index contributed by atoms with van der Waals surface area (Å²) in [6.45, 7) is 5.62. The number of β-amino-alcohol motifs (C(OH)–C–C–N with tert-alkyl or cyclic N) is 2. The van der Waals surface area contributed by atoms with Crippen LogP contribution < -0.4 is 44.8 Å². The van der Waals surface area contributed by atoms with Crippen molar-refractivity contribution < 1.29 is 154 Å². The molecule has 5 aliphatic rings. The highest BCUT2D eigenvalue weighted by Gasteiger charge is 2.51. The number of aryl methyl sites for hydroxylation is 4. The number of epoxide rings is 1. The van der Waals surface area contributed by atoms with Gasteiger partial charge in [0, 0.05) is 47.3 Å². The normalized spacial score (nSPS) is 16.9. The molecule has 1 saturated heterocycles. The molecule has 798 valence electrons. The highest BCUT2D eigenvalue weighted by atomic mass is 79.9. The van der Waals surface area contributed by atoms with Crippen molar-refractivity contribution in [3.8, 4) is 56.4 Å². The first-order valence-electron chi connectivity index (χ1n) is 45.5. The van der Waals surface area contributed by atoms with Crippen molar-refractivity contribution in [1.82, 2.24) is 0 Å². The van der Waals surface area contributed by atoms with Crippen molar-refractivity contribution >= 4 is 97.7 Å². The minimum atomic E-state index is -4.91. The largest absolute Gasteiger partial charge is 0.488 e. The monoisotopic (exact) mass is 2260 g/mol. The smallest absolute Gasteiger partial charge is 0.428 e. The van der Waals surface area contributed by atoms with Gasteiger partial charge in [-0.2, -0.15) is 110 Å². The SMILES string of the molecule is Cc1cc(-c2cccc3c2CCC(c2cccc(OC(F)(F)C(F)F)c2)N3)ccc1Cl.Cc1cc(-c2cccc3c2CCC(c2cccc(OC(F)(F)C(F)F)c2)N3CC(O)C(F)(F)F)ccc1Cl.Cc1cc(-c2cccc3c2CCC(c2cccc(OC(F)(F)C(F)F)c2)N3CC(O)C(F)(F)F)ccc1Cl.Cc1cc(B(O)O)ccc1Cl.FC(F)(F)C1CO1.FC(F)C(F)(F)Oc1cccc(C2CCc3c(Br)cccc3N2)c1. The van der Waals surface area contributed by atoms with Crippen LogP contribution >= 0.6 is 62.3 Å². The molecule has 149 heavy (non-hydrogen) atoms. The minimum Gasteiger partial charge on any atom is -0.428 e. The highest BCUT2D eigenvalue weighted by molar-refractivity contribution is 9.10. The van der Waals surface area contributed by atoms with Gasteiger partial charge in [-0.05, 0) is 306 Å². The zero-order chi connectivity index (χ0) is 109. The summed E-state index contributed by atoms with van der Waals surface area (Å²) in [4.78, 5) is 2.74. The Kier molecular flexibility index (Phi) is 38.3. The molecule has 7 unspecified atom stereocenters. The number of nitrogens with one attached hydrogen (secondary N) is 2. The number of alkyl halides is 25. The van der Waals surface area contributed by atoms with E-state index in [9.17, 15) is 120 Å². The molecule has 0 aliphatic carbocycles. The van der Waals surface area contributed by atoms with Gasteiger partial charge in [0.05, 0.1) is 43.9 Å². The van der Waals surface area contributed by atoms with E-state index in [-0.39, 0.29) is 54.2 Å². The Balaban J connectivity index is 0.000000168. The number of rotatable bonds is 24. The molecule has 17 rings (SSSR count). The van der Waals surface area contributed by atoms with E-state index in [1.54, 1.807) is 78.9 Å². The van der Waals surface area contributed by atoms with E-state index >= 15 is 0 Å². The van der Waals surface area contributed by atoms with Gasteiger partial charge in [0.25, 0.3) is 0 Å². The Morgan fingerprint density at radius 2 is 0.664 bits per heavy atom. The molecule has 7 atom stereocenters. The molecule has 12 aromatic carbocycles. The van der Waals surface area contributed by atoms with E-state index in [0.29, 0.717) is 67.3 Å². The third kappa shape index (κ3) is 30.4. The van der Waals surface area contributed by atoms with Crippen molar-refractivity contribution in [2.45, 2.75) is 190 Å². The number of anilines is 4. The van der Waals surface area contributed by atoms with E-state index in [1.165, 1.54) is 70.5 Å². The van der Waals surface area contributed by atoms with Gasteiger partial charge in [0.15, 0.2) is 18.3 Å². The summed E-state index contributed by atoms with van der Waals surface area (Å²) in [7, 11) is -1.41. The number of ether oxygens (including phenoxy) is 5. The van der Waals surface area contributed by atoms with Crippen molar-refractivity contribution in [2.24, 2.45) is 0 Å². The van der Waals surface area contributed by atoms with Gasteiger partial charge in [0.2, 0.25) is 0 Å². The molecule has 0 saturated carbocycles. The zero-order valence-corrected chi connectivity index (χ0v) is 83.0. The molecule has 5 aliphatic heterocycles. The number of hydrogen-bond acceptors (Lipinski definition) is 13. The standard InChI is InChI=1S/2C27H23ClF7NO2.C24H20ClF4NO.C17H14BrF4NO.C7H8BClO2.C3H3F3O/c2*1-15-12-16(8-10-21(15)28)19-6-3-7-23-20(19)9-11-22(36(23)14-24(37)26(31,32)33)17-4-2-5-18(13-17)38-27(34,35)25(29)30;1-14-12-15(8-10-20(14)25)18-6-3-7-22-19(18)9-11-21(30-22)16-4-2-5-17(13-16)31-24(28,29)23(26)27;18-13-5-2-6-15-12(13)7-8-14(23-15)10-3-1-4-11(9-10)24-17(21,22)16(19)20;1-5-4-6(8(10)11)2-3-7(5)9;4-3(5,6)2-1-7-2/h2*2-8,10,12-13,22,24-25,37H,9,11,14H2,1H3;2-8,10,12-13,21,23,30H,9,11H2,1H3;1-6,9,14,16,23H,7-8H2;2-4,10-11H,1H3;2H,1H2. The van der Waals surface area contributed by atoms with Gasteiger partial charge >= 0.3 is 75.8 Å². The number of fused-ring (bicyclic) bond motifs is 4. The third-order valence-electron chi connectivity index (χ3n) is 24.4. The van der Waals surface area contributed by atoms with Gasteiger partial charge in [0.1, 0.15) is 23.0 Å². The average molecular weight is 2260 g/mol. The summed E-state index contributed by atoms with van der Waals surface area (Å²) in [6.07, 6.45) is -50.8. The van der Waals surface area contributed by atoms with Crippen LogP contribution in [0.25, 0.3) is 33.4 Å². The van der Waals surface area contributed by atoms with Crippen LogP contribution in [-0.4, -0.2) is 134 Å². The molecule has 5 heterocycles. The van der Waals surface area contributed by atoms with Crippen LogP contribution in [0.5, 0.6) is 23.0 Å². The number of benzene rings is 12. The first kappa shape index (κ1) is 116. The topological polar surface area (TPSA) is 161 Å². The molecule has 0 bridgehead atoms. The lowest BCUT2D eigenvalue weighted by Gasteiger charge is -2.41. The van der Waals surface area contributed by atoms with E-state index in [1.807, 2.05) is 100 Å². The van der Waals surface area contributed by atoms with Crippen molar-refractivity contribution in [3.05, 3.63) is 334 Å². The first-order valence-corrected chi connectivity index (χ1v) is 47.8. The lowest BCUT2D eigenvalue weighted by molar-refractivity contribution is -0.253. The molecule has 1 fully saturated rings. The lowest BCUT2D eigenvalue weighted by Crippen LogP contribution is -2.44. The third-order valence-corrected chi connectivity index (χ3v) is 26.9. The maximum Gasteiger partial charge on any atom is 0.488 e. The Bertz CT molecular complexity index is 6400. The fourth-order valence-corrected chi connectivity index (χ4v) is 18.0. The van der Waals surface area contributed by atoms with Gasteiger partial charge < -0.3 is 64.4 Å². The second-order valence-corrected chi connectivity index (χ2v) is 37.5. The highest BCUT2D eigenvalue weighted by Crippen LogP contribution is 2.50. The number of hydrogen-bond donors (Lipinski definition) is 6. The van der Waals surface area contributed by atoms with Crippen molar-refractivity contribution in [2.75, 3.05) is 40.1 Å². The summed E-state index contributed by atoms with van der Waals surface area (Å²) >= 11 is 27.7. The number of aliphatic hydroxyl groups is 2. The van der Waals surface area contributed by atoms with Gasteiger partial charge in [-0.15, -0.1) is 0 Å². The summed E-state index contributed by atoms with van der Waals surface area (Å²) in [6, 6.07) is 63.5. The average Bonchev–Trinajstić information content (AvgIpc) is 1.16. The Hall–Kier alpha value is -11.2. The second kappa shape index (κ2) is 49.0. The van der Waals surface area contributed by atoms with Crippen molar-refractivity contribution in [1.29, 1.82) is 0 Å². The van der Waals surface area contributed by atoms with E-state index in [2.05, 4.69) is 56.3 Å². The maximum absolute atomic E-state index is 13.5. The van der Waals surface area contributed by atoms with Crippen LogP contribution in [0.2, 0.25) is 20.1 Å². The number of aliphatic hydroxyl groups excluding tert-OH is 2. The fraction of sp³-hybridized carbons (Fsp3) is 0.314. The van der Waals surface area contributed by atoms with Gasteiger partial charge in [-0.3, -0.25) is 0 Å². The molecular weight excluding hydrogens is 2170 g/mol. The molecule has 44 heteroatoms. The Labute approximate surface area is 867 Å². The first-order chi connectivity index (χ1) is 69.9. The molecule has 6 N–H and O–H groups in total. The predicted molar refractivity (Wildman–Crippen MR) is 523 cm³/mol. The maximum atomic E-state index is 13.5. The van der Waals surface area contributed by atoms with Crippen LogP contribution in [-0.2, 0) is 30.4 Å². The molecule has 12 aromatic rings. The minimum absolute atomic E-state index is 0.101. The van der Waals surface area contributed by atoms with Crippen LogP contribution in [0.4, 0.5) is 133 Å². The van der Waals surface area contributed by atoms with Crippen LogP contribution in [0, 0.1) is 27.7 Å². The van der Waals surface area contributed by atoms with E-state index < -0.39 is 131 Å². The summed E-state index contributed by atoms with van der Waals surface area (Å²) < 4.78 is 342. The van der Waals surface area contributed by atoms with E-state index in [4.69, 9.17) is 56.5 Å². The molecule has 13 nitrogen and oxygen atoms in total. The molecule has 0 aromatic heterocycles. The quantitative estimate of drug-likeness (QED) is 0.0193. The summed E-state index contributed by atoms with van der Waals surface area (Å²) in [5.74, 6) is -1.68. The zero-order valence-electron chi connectivity index (χ0n) is 78.4. The lowest BCUT2D eigenvalue weighted by atomic mass is 9.80. The predicted octanol–water partition coefficient (Wildman–Crippen LogP) is 30.7. The molecular formula is C105H91BBrCl4F25N4O9. The molecule has 0 radical (unpaired) electrons. The Morgan fingerprint density at radius 3 is 0.980 bits per heavy atom. The summed E-state index contributed by atoms with van der Waals surface area (Å²) in [5, 5.41) is 46.7. The van der Waals surface area contributed by atoms with Crippen LogP contribution in [0.1, 0.15) is 117 Å². The van der Waals surface area contributed by atoms with E-state index in [0.717, 1.165) is 137 Å². The molecule has 0 amide bonds. The Morgan fingerprint density at radius 1 is 0.369 bits per heavy atom. The van der Waals surface area contributed by atoms with Gasteiger partial charge in [-0.25, -0.2) is 0 Å². The fourth-order valence-electron chi connectivity index (χ4n) is 17.0. The molecule has 0 spiro atoms. The van der Waals surface area contributed by atoms with Crippen LogP contribution in [0.15, 0.2) is 247 Å². The summed E-state index contributed by atoms with van der Waals surface area (Å²) in [5.41, 5.74) is 17.8. The van der Waals surface area contributed by atoms with Crippen molar-refractivity contribution in [3.63, 3.8) is 0 Å². The number of halogens is 30. The number of nitrogens with zero attached hydrogens (tertiary/aromatic N) is 2. The second-order valence-electron chi connectivity index (χ2n) is 35.0. The van der Waals surface area contributed by atoms with Gasteiger partial charge in [-0.1, -0.05) is 184 Å².